The molecule has 0 amide bonds. The van der Waals surface area contributed by atoms with Gasteiger partial charge in [0, 0.05) is 0 Å². The molecule has 0 bridgehead atoms. The first kappa shape index (κ1) is 15.9. The van der Waals surface area contributed by atoms with Crippen molar-refractivity contribution in [1.29, 1.82) is 0 Å². The molecule has 0 aromatic heterocycles. The lowest BCUT2D eigenvalue weighted by atomic mass is 10.0. The molecule has 1 aromatic rings. The summed E-state index contributed by atoms with van der Waals surface area (Å²) in [6, 6.07) is 9.86. The number of rotatable bonds is 9. The highest BCUT2D eigenvalue weighted by molar-refractivity contribution is 5.13. The fraction of sp³-hybridized carbons (Fsp3) is 0.500. The molecule has 1 rings (SSSR count). The van der Waals surface area contributed by atoms with Crippen LogP contribution < -0.4 is 0 Å². The van der Waals surface area contributed by atoms with Gasteiger partial charge in [-0.05, 0) is 31.7 Å². The Balaban J connectivity index is 2.28. The molecule has 0 aliphatic carbocycles. The molecular weight excluding hydrogens is 240 g/mol. The predicted octanol–water partition coefficient (Wildman–Crippen LogP) is 2.67. The van der Waals surface area contributed by atoms with Crippen molar-refractivity contribution in [2.24, 2.45) is 0 Å². The Morgan fingerprint density at radius 1 is 1.26 bits per heavy atom. The van der Waals surface area contributed by atoms with Crippen molar-refractivity contribution >= 4 is 0 Å². The number of benzene rings is 1. The molecule has 0 spiro atoms. The first-order valence-electron chi connectivity index (χ1n) is 6.70. The number of aliphatic hydroxyl groups excluding tert-OH is 2. The van der Waals surface area contributed by atoms with E-state index in [0.717, 1.165) is 11.1 Å². The van der Waals surface area contributed by atoms with Crippen molar-refractivity contribution in [2.45, 2.75) is 45.0 Å². The van der Waals surface area contributed by atoms with Crippen molar-refractivity contribution in [1.82, 2.24) is 0 Å². The highest BCUT2D eigenvalue weighted by atomic mass is 16.5. The van der Waals surface area contributed by atoms with Crippen LogP contribution in [0.4, 0.5) is 0 Å². The topological polar surface area (TPSA) is 49.7 Å². The van der Waals surface area contributed by atoms with E-state index in [9.17, 15) is 10.2 Å². The summed E-state index contributed by atoms with van der Waals surface area (Å²) in [7, 11) is 0. The molecule has 0 radical (unpaired) electrons. The lowest BCUT2D eigenvalue weighted by Gasteiger charge is -2.17. The average Bonchev–Trinajstić information content (AvgIpc) is 2.39. The van der Waals surface area contributed by atoms with Crippen LogP contribution in [0.15, 0.2) is 42.5 Å². The number of hydrogen-bond acceptors (Lipinski definition) is 3. The van der Waals surface area contributed by atoms with E-state index in [-0.39, 0.29) is 12.7 Å². The Bertz CT molecular complexity index is 362. The maximum absolute atomic E-state index is 9.75. The third-order valence-corrected chi connectivity index (χ3v) is 2.94. The maximum Gasteiger partial charge on any atom is 0.0811 e. The zero-order valence-corrected chi connectivity index (χ0v) is 11.6. The normalized spacial score (nSPS) is 14.1. The summed E-state index contributed by atoms with van der Waals surface area (Å²) in [5.74, 6) is 0. The lowest BCUT2D eigenvalue weighted by molar-refractivity contribution is -0.00989. The van der Waals surface area contributed by atoms with Crippen LogP contribution in [0.2, 0.25) is 0 Å². The fourth-order valence-electron chi connectivity index (χ4n) is 1.90. The molecule has 2 N–H and O–H groups in total. The number of hydrogen-bond donors (Lipinski definition) is 2. The van der Waals surface area contributed by atoms with E-state index >= 15 is 0 Å². The third kappa shape index (κ3) is 7.11. The van der Waals surface area contributed by atoms with Gasteiger partial charge in [-0.3, -0.25) is 0 Å². The van der Waals surface area contributed by atoms with Gasteiger partial charge in [-0.25, -0.2) is 0 Å². The molecule has 0 saturated heterocycles. The Labute approximate surface area is 115 Å². The van der Waals surface area contributed by atoms with Gasteiger partial charge < -0.3 is 14.9 Å². The maximum atomic E-state index is 9.75. The monoisotopic (exact) mass is 264 g/mol. The molecule has 0 fully saturated rings. The second-order valence-electron chi connectivity index (χ2n) is 4.99. The SMILES string of the molecule is C=C(C)C[C@@H](O)CC[C@H](CO)OCc1ccccc1. The third-order valence-electron chi connectivity index (χ3n) is 2.94. The first-order chi connectivity index (χ1) is 9.11. The molecule has 1 aromatic carbocycles. The molecule has 19 heavy (non-hydrogen) atoms. The van der Waals surface area contributed by atoms with Crippen molar-refractivity contribution in [3.8, 4) is 0 Å². The zero-order valence-electron chi connectivity index (χ0n) is 11.6. The quantitative estimate of drug-likeness (QED) is 0.674. The van der Waals surface area contributed by atoms with Crippen molar-refractivity contribution in [3.63, 3.8) is 0 Å². The first-order valence-corrected chi connectivity index (χ1v) is 6.70. The summed E-state index contributed by atoms with van der Waals surface area (Å²) >= 11 is 0. The summed E-state index contributed by atoms with van der Waals surface area (Å²) in [5, 5.41) is 19.0. The molecule has 0 unspecified atom stereocenters. The van der Waals surface area contributed by atoms with E-state index < -0.39 is 6.10 Å². The summed E-state index contributed by atoms with van der Waals surface area (Å²) in [4.78, 5) is 0. The Kier molecular flexibility index (Phi) is 7.41. The molecule has 3 nitrogen and oxygen atoms in total. The van der Waals surface area contributed by atoms with E-state index in [1.165, 1.54) is 0 Å². The average molecular weight is 264 g/mol. The highest BCUT2D eigenvalue weighted by Crippen LogP contribution is 2.12. The molecule has 2 atom stereocenters. The van der Waals surface area contributed by atoms with E-state index in [4.69, 9.17) is 4.74 Å². The van der Waals surface area contributed by atoms with Crippen LogP contribution in [-0.4, -0.2) is 29.0 Å². The van der Waals surface area contributed by atoms with Gasteiger partial charge in [0.25, 0.3) is 0 Å². The van der Waals surface area contributed by atoms with E-state index in [1.54, 1.807) is 0 Å². The van der Waals surface area contributed by atoms with E-state index in [1.807, 2.05) is 37.3 Å². The Morgan fingerprint density at radius 2 is 1.95 bits per heavy atom. The molecule has 0 aliphatic rings. The molecule has 3 heteroatoms. The largest absolute Gasteiger partial charge is 0.394 e. The fourth-order valence-corrected chi connectivity index (χ4v) is 1.90. The van der Waals surface area contributed by atoms with Crippen LogP contribution in [-0.2, 0) is 11.3 Å². The van der Waals surface area contributed by atoms with Gasteiger partial charge in [-0.2, -0.15) is 0 Å². The highest BCUT2D eigenvalue weighted by Gasteiger charge is 2.12. The van der Waals surface area contributed by atoms with E-state index in [2.05, 4.69) is 6.58 Å². The minimum Gasteiger partial charge on any atom is -0.394 e. The summed E-state index contributed by atoms with van der Waals surface area (Å²) in [5.41, 5.74) is 2.06. The lowest BCUT2D eigenvalue weighted by Crippen LogP contribution is -2.20. The standard InChI is InChI=1S/C16H24O3/c1-13(2)10-15(18)8-9-16(11-17)19-12-14-6-4-3-5-7-14/h3-7,15-18H,1,8-12H2,2H3/t15-,16+/m0/s1. The van der Waals surface area contributed by atoms with Crippen LogP contribution in [0.5, 0.6) is 0 Å². The Hall–Kier alpha value is -1.16. The van der Waals surface area contributed by atoms with Crippen LogP contribution in [0.1, 0.15) is 31.7 Å². The van der Waals surface area contributed by atoms with Crippen LogP contribution >= 0.6 is 0 Å². The molecular formula is C16H24O3. The molecule has 0 aliphatic heterocycles. The van der Waals surface area contributed by atoms with Gasteiger partial charge in [0.05, 0.1) is 25.4 Å². The van der Waals surface area contributed by atoms with Crippen molar-refractivity contribution in [2.75, 3.05) is 6.61 Å². The van der Waals surface area contributed by atoms with Gasteiger partial charge in [-0.1, -0.05) is 35.9 Å². The molecule has 106 valence electrons. The van der Waals surface area contributed by atoms with Gasteiger partial charge in [0.1, 0.15) is 0 Å². The zero-order chi connectivity index (χ0) is 14.1. The predicted molar refractivity (Wildman–Crippen MR) is 76.8 cm³/mol. The Morgan fingerprint density at radius 3 is 2.53 bits per heavy atom. The molecule has 0 heterocycles. The second kappa shape index (κ2) is 8.86. The van der Waals surface area contributed by atoms with Crippen molar-refractivity contribution in [3.05, 3.63) is 48.0 Å². The number of aliphatic hydroxyl groups is 2. The van der Waals surface area contributed by atoms with Gasteiger partial charge in [0.15, 0.2) is 0 Å². The van der Waals surface area contributed by atoms with Crippen molar-refractivity contribution < 1.29 is 14.9 Å². The molecule has 0 saturated carbocycles. The van der Waals surface area contributed by atoms with Gasteiger partial charge in [0.2, 0.25) is 0 Å². The van der Waals surface area contributed by atoms with Crippen LogP contribution in [0.25, 0.3) is 0 Å². The smallest absolute Gasteiger partial charge is 0.0811 e. The van der Waals surface area contributed by atoms with Gasteiger partial charge in [-0.15, -0.1) is 6.58 Å². The second-order valence-corrected chi connectivity index (χ2v) is 4.99. The minimum atomic E-state index is -0.396. The summed E-state index contributed by atoms with van der Waals surface area (Å²) < 4.78 is 5.65. The number of ether oxygens (including phenoxy) is 1. The minimum absolute atomic E-state index is 0.0212. The summed E-state index contributed by atoms with van der Waals surface area (Å²) in [6.45, 7) is 6.15. The van der Waals surface area contributed by atoms with Crippen LogP contribution in [0.3, 0.4) is 0 Å². The van der Waals surface area contributed by atoms with E-state index in [0.29, 0.717) is 25.9 Å². The van der Waals surface area contributed by atoms with Gasteiger partial charge >= 0.3 is 0 Å². The summed E-state index contributed by atoms with van der Waals surface area (Å²) in [6.07, 6.45) is 1.26. The van der Waals surface area contributed by atoms with Crippen LogP contribution in [0, 0.1) is 0 Å².